The molecule has 0 spiro atoms. The maximum Gasteiger partial charge on any atom is 0.162 e. The van der Waals surface area contributed by atoms with Gasteiger partial charge in [0.25, 0.3) is 0 Å². The zero-order valence-electron chi connectivity index (χ0n) is 16.1. The average Bonchev–Trinajstić information content (AvgIpc) is 2.67. The molecule has 0 saturated carbocycles. The quantitative estimate of drug-likeness (QED) is 0.375. The molecule has 0 aliphatic carbocycles. The summed E-state index contributed by atoms with van der Waals surface area (Å²) in [7, 11) is 1.34. The molecule has 147 valence electrons. The van der Waals surface area contributed by atoms with E-state index in [2.05, 4.69) is 28.4 Å². The predicted molar refractivity (Wildman–Crippen MR) is 113 cm³/mol. The van der Waals surface area contributed by atoms with Gasteiger partial charge in [-0.2, -0.15) is 0 Å². The van der Waals surface area contributed by atoms with Crippen LogP contribution < -0.4 is 14.8 Å². The SMILES string of the molecule is COc1cc2ncnc(Nc3ccc(F)c(Cl)c3)c2cc1OCCC[Si](C)C. The molecule has 0 aliphatic rings. The minimum Gasteiger partial charge on any atom is -0.493 e. The van der Waals surface area contributed by atoms with Gasteiger partial charge in [-0.25, -0.2) is 14.4 Å². The van der Waals surface area contributed by atoms with Crippen LogP contribution in [0.3, 0.4) is 0 Å². The minimum atomic E-state index is -0.469. The lowest BCUT2D eigenvalue weighted by molar-refractivity contribution is 0.294. The largest absolute Gasteiger partial charge is 0.493 e. The van der Waals surface area contributed by atoms with Crippen molar-refractivity contribution < 1.29 is 13.9 Å². The molecule has 1 N–H and O–H groups in total. The summed E-state index contributed by atoms with van der Waals surface area (Å²) < 4.78 is 24.8. The molecule has 3 aromatic rings. The van der Waals surface area contributed by atoms with Crippen LogP contribution in [0, 0.1) is 5.82 Å². The Morgan fingerprint density at radius 2 is 1.96 bits per heavy atom. The second kappa shape index (κ2) is 9.21. The van der Waals surface area contributed by atoms with E-state index in [9.17, 15) is 4.39 Å². The molecule has 0 amide bonds. The van der Waals surface area contributed by atoms with Gasteiger partial charge in [-0.15, -0.1) is 0 Å². The molecule has 8 heteroatoms. The summed E-state index contributed by atoms with van der Waals surface area (Å²) in [5, 5.41) is 3.98. The van der Waals surface area contributed by atoms with Crippen molar-refractivity contribution >= 4 is 42.8 Å². The van der Waals surface area contributed by atoms with Crippen LogP contribution in [0.15, 0.2) is 36.7 Å². The molecule has 0 aliphatic heterocycles. The van der Waals surface area contributed by atoms with Gasteiger partial charge in [0, 0.05) is 25.9 Å². The molecular weight excluding hydrogens is 397 g/mol. The molecular formula is C20H22ClFN3O2Si. The summed E-state index contributed by atoms with van der Waals surface area (Å²) in [5.74, 6) is 1.38. The molecule has 28 heavy (non-hydrogen) atoms. The van der Waals surface area contributed by atoms with E-state index >= 15 is 0 Å². The molecule has 2 aromatic carbocycles. The van der Waals surface area contributed by atoms with Crippen LogP contribution in [0.2, 0.25) is 24.2 Å². The van der Waals surface area contributed by atoms with Gasteiger partial charge in [-0.3, -0.25) is 0 Å². The van der Waals surface area contributed by atoms with E-state index in [-0.39, 0.29) is 13.8 Å². The van der Waals surface area contributed by atoms with Gasteiger partial charge >= 0.3 is 0 Å². The highest BCUT2D eigenvalue weighted by Crippen LogP contribution is 2.35. The molecule has 0 saturated heterocycles. The number of nitrogens with zero attached hydrogens (tertiary/aromatic N) is 2. The van der Waals surface area contributed by atoms with Crippen molar-refractivity contribution in [2.75, 3.05) is 19.0 Å². The molecule has 1 aromatic heterocycles. The lowest BCUT2D eigenvalue weighted by Crippen LogP contribution is -2.05. The molecule has 0 bridgehead atoms. The van der Waals surface area contributed by atoms with E-state index in [0.717, 1.165) is 11.8 Å². The third-order valence-corrected chi connectivity index (χ3v) is 5.82. The summed E-state index contributed by atoms with van der Waals surface area (Å²) in [6.45, 7) is 5.21. The first-order valence-corrected chi connectivity index (χ1v) is 12.0. The van der Waals surface area contributed by atoms with Crippen molar-refractivity contribution in [3.8, 4) is 11.5 Å². The fraction of sp³-hybridized carbons (Fsp3) is 0.300. The molecule has 0 atom stereocenters. The Hall–Kier alpha value is -2.38. The van der Waals surface area contributed by atoms with E-state index in [0.29, 0.717) is 35.1 Å². The van der Waals surface area contributed by atoms with Gasteiger partial charge in [-0.1, -0.05) is 30.7 Å². The zero-order chi connectivity index (χ0) is 20.1. The smallest absolute Gasteiger partial charge is 0.162 e. The number of rotatable bonds is 8. The van der Waals surface area contributed by atoms with Crippen LogP contribution in [0.4, 0.5) is 15.9 Å². The fourth-order valence-electron chi connectivity index (χ4n) is 2.75. The number of nitrogens with one attached hydrogen (secondary N) is 1. The Labute approximate surface area is 170 Å². The van der Waals surface area contributed by atoms with Crippen molar-refractivity contribution in [2.45, 2.75) is 25.6 Å². The lowest BCUT2D eigenvalue weighted by atomic mass is 10.2. The van der Waals surface area contributed by atoms with Gasteiger partial charge < -0.3 is 14.8 Å². The van der Waals surface area contributed by atoms with E-state index in [4.69, 9.17) is 21.1 Å². The van der Waals surface area contributed by atoms with Crippen molar-refractivity contribution in [1.29, 1.82) is 0 Å². The highest BCUT2D eigenvalue weighted by atomic mass is 35.5. The van der Waals surface area contributed by atoms with E-state index in [1.165, 1.54) is 24.5 Å². The fourth-order valence-corrected chi connectivity index (χ4v) is 3.79. The summed E-state index contributed by atoms with van der Waals surface area (Å²) in [5.41, 5.74) is 1.34. The van der Waals surface area contributed by atoms with Crippen molar-refractivity contribution in [3.05, 3.63) is 47.5 Å². The first kappa shape index (κ1) is 20.4. The number of halogens is 2. The van der Waals surface area contributed by atoms with Crippen LogP contribution >= 0.6 is 11.6 Å². The van der Waals surface area contributed by atoms with Crippen molar-refractivity contribution in [3.63, 3.8) is 0 Å². The van der Waals surface area contributed by atoms with E-state index in [1.54, 1.807) is 13.2 Å². The normalized spacial score (nSPS) is 11.1. The molecule has 1 heterocycles. The third-order valence-electron chi connectivity index (χ3n) is 4.18. The molecule has 5 nitrogen and oxygen atoms in total. The van der Waals surface area contributed by atoms with Crippen LogP contribution in [0.1, 0.15) is 6.42 Å². The van der Waals surface area contributed by atoms with E-state index < -0.39 is 5.82 Å². The maximum atomic E-state index is 13.4. The standard InChI is InChI=1S/C20H22ClFN3O2Si/c1-26-18-11-17-14(10-19(18)27-7-4-8-28(2)3)20(24-12-23-17)25-13-5-6-16(22)15(21)9-13/h5-6,9-12H,4,7-8H2,1-3H3,(H,23,24,25). The number of methoxy groups -OCH3 is 1. The van der Waals surface area contributed by atoms with Gasteiger partial charge in [0.15, 0.2) is 11.5 Å². The Kier molecular flexibility index (Phi) is 6.69. The monoisotopic (exact) mass is 418 g/mol. The average molecular weight is 419 g/mol. The van der Waals surface area contributed by atoms with Gasteiger partial charge in [0.1, 0.15) is 18.0 Å². The first-order valence-electron chi connectivity index (χ1n) is 8.94. The number of benzene rings is 2. The van der Waals surface area contributed by atoms with Gasteiger partial charge in [0.2, 0.25) is 0 Å². The van der Waals surface area contributed by atoms with Gasteiger partial charge in [0.05, 0.1) is 24.3 Å². The summed E-state index contributed by atoms with van der Waals surface area (Å²) in [6.07, 6.45) is 2.47. The third kappa shape index (κ3) is 4.91. The maximum absolute atomic E-state index is 13.4. The number of anilines is 2. The Balaban J connectivity index is 1.90. The number of aromatic nitrogens is 2. The summed E-state index contributed by atoms with van der Waals surface area (Å²) in [6, 6.07) is 9.31. The van der Waals surface area contributed by atoms with Crippen LogP contribution in [0.5, 0.6) is 11.5 Å². The molecule has 0 fully saturated rings. The van der Waals surface area contributed by atoms with Crippen LogP contribution in [-0.2, 0) is 0 Å². The highest BCUT2D eigenvalue weighted by Gasteiger charge is 2.12. The summed E-state index contributed by atoms with van der Waals surface area (Å²) in [4.78, 5) is 8.64. The highest BCUT2D eigenvalue weighted by molar-refractivity contribution is 6.55. The minimum absolute atomic E-state index is 0.0433. The molecule has 3 rings (SSSR count). The number of ether oxygens (including phenoxy) is 2. The topological polar surface area (TPSA) is 56.3 Å². The van der Waals surface area contributed by atoms with Crippen LogP contribution in [-0.4, -0.2) is 32.5 Å². The van der Waals surface area contributed by atoms with Crippen LogP contribution in [0.25, 0.3) is 10.9 Å². The molecule has 1 radical (unpaired) electrons. The Bertz CT molecular complexity index is 972. The first-order chi connectivity index (χ1) is 13.5. The Morgan fingerprint density at radius 1 is 1.14 bits per heavy atom. The van der Waals surface area contributed by atoms with Crippen molar-refractivity contribution in [1.82, 2.24) is 9.97 Å². The Morgan fingerprint density at radius 3 is 2.68 bits per heavy atom. The van der Waals surface area contributed by atoms with Gasteiger partial charge in [-0.05, 0) is 30.7 Å². The molecule has 0 unspecified atom stereocenters. The second-order valence-corrected chi connectivity index (χ2v) is 9.98. The second-order valence-electron chi connectivity index (χ2n) is 6.66. The predicted octanol–water partition coefficient (Wildman–Crippen LogP) is 5.70. The summed E-state index contributed by atoms with van der Waals surface area (Å²) >= 11 is 5.87. The van der Waals surface area contributed by atoms with Crippen molar-refractivity contribution in [2.24, 2.45) is 0 Å². The number of hydrogen-bond donors (Lipinski definition) is 1. The number of fused-ring (bicyclic) bond motifs is 1. The number of hydrogen-bond acceptors (Lipinski definition) is 5. The zero-order valence-corrected chi connectivity index (χ0v) is 17.8. The lowest BCUT2D eigenvalue weighted by Gasteiger charge is -2.14. The van der Waals surface area contributed by atoms with E-state index in [1.807, 2.05) is 12.1 Å².